The quantitative estimate of drug-likeness (QED) is 0.578. The van der Waals surface area contributed by atoms with Crippen LogP contribution in [0, 0.1) is 5.92 Å². The van der Waals surface area contributed by atoms with Crippen molar-refractivity contribution < 1.29 is 19.4 Å². The van der Waals surface area contributed by atoms with Gasteiger partial charge in [0.05, 0.1) is 35.2 Å². The molecule has 0 aliphatic carbocycles. The number of H-pyrrole nitrogens is 1. The van der Waals surface area contributed by atoms with Crippen molar-refractivity contribution in [1.82, 2.24) is 9.97 Å². The number of carboxylic acid groups (broad SMARTS) is 1. The number of hydrogen-bond donors (Lipinski definition) is 2. The normalized spacial score (nSPS) is 11.7. The van der Waals surface area contributed by atoms with Crippen LogP contribution in [0.1, 0.15) is 35.6 Å². The molecule has 0 bridgehead atoms. The fraction of sp³-hybridized carbons (Fsp3) is 0.227. The summed E-state index contributed by atoms with van der Waals surface area (Å²) in [5.74, 6) is 0.587. The number of hydrogen-bond acceptors (Lipinski definition) is 5. The molecule has 0 unspecified atom stereocenters. The van der Waals surface area contributed by atoms with Crippen molar-refractivity contribution in [1.29, 1.82) is 0 Å². The average molecular weight is 429 g/mol. The first-order chi connectivity index (χ1) is 14.3. The number of carboxylic acids is 1. The molecule has 156 valence electrons. The Morgan fingerprint density at radius 3 is 2.67 bits per heavy atom. The van der Waals surface area contributed by atoms with Crippen molar-refractivity contribution in [2.75, 3.05) is 13.7 Å². The molecule has 0 amide bonds. The molecular formula is C22H21ClN2O5. The minimum Gasteiger partial charge on any atom is -0.493 e. The van der Waals surface area contributed by atoms with E-state index in [-0.39, 0.29) is 27.3 Å². The standard InChI is InChI=1S/C22H21ClN2O5/c1-12(2)11-30-18-7-4-13(9-19(18)29-3)8-16(23)20-24-17-10-14(22(27)28)5-6-15(17)21(26)25-20/h4-10,12H,11H2,1-3H3,(H,27,28)(H,24,25,26)/b16-8+. The molecule has 1 aromatic heterocycles. The molecule has 0 aliphatic rings. The Morgan fingerprint density at radius 1 is 1.23 bits per heavy atom. The van der Waals surface area contributed by atoms with Crippen molar-refractivity contribution in [2.24, 2.45) is 5.92 Å². The molecule has 1 heterocycles. The number of nitrogens with zero attached hydrogens (tertiary/aromatic N) is 1. The topological polar surface area (TPSA) is 102 Å². The van der Waals surface area contributed by atoms with E-state index in [0.717, 1.165) is 5.56 Å². The number of benzene rings is 2. The summed E-state index contributed by atoms with van der Waals surface area (Å²) < 4.78 is 11.1. The molecule has 0 fully saturated rings. The van der Waals surface area contributed by atoms with Gasteiger partial charge >= 0.3 is 5.97 Å². The second-order valence-corrected chi connectivity index (χ2v) is 7.47. The highest BCUT2D eigenvalue weighted by Crippen LogP contribution is 2.30. The van der Waals surface area contributed by atoms with E-state index in [1.165, 1.54) is 18.2 Å². The van der Waals surface area contributed by atoms with Gasteiger partial charge in [-0.3, -0.25) is 4.79 Å². The van der Waals surface area contributed by atoms with E-state index in [1.807, 2.05) is 6.07 Å². The van der Waals surface area contributed by atoms with Crippen LogP contribution in [0.15, 0.2) is 41.2 Å². The van der Waals surface area contributed by atoms with Crippen LogP contribution in [-0.2, 0) is 0 Å². The second-order valence-electron chi connectivity index (χ2n) is 7.06. The van der Waals surface area contributed by atoms with Crippen molar-refractivity contribution in [3.63, 3.8) is 0 Å². The Hall–Kier alpha value is -3.32. The lowest BCUT2D eigenvalue weighted by Crippen LogP contribution is -2.11. The number of aromatic carboxylic acids is 1. The van der Waals surface area contributed by atoms with Crippen LogP contribution in [0.3, 0.4) is 0 Å². The first kappa shape index (κ1) is 21.4. The number of methoxy groups -OCH3 is 1. The molecule has 0 saturated carbocycles. The first-order valence-corrected chi connectivity index (χ1v) is 9.62. The molecule has 2 aromatic carbocycles. The number of aromatic nitrogens is 2. The smallest absolute Gasteiger partial charge is 0.335 e. The van der Waals surface area contributed by atoms with Crippen molar-refractivity contribution in [3.8, 4) is 11.5 Å². The van der Waals surface area contributed by atoms with E-state index in [0.29, 0.717) is 24.0 Å². The van der Waals surface area contributed by atoms with Crippen LogP contribution in [0.4, 0.5) is 0 Å². The third-order valence-corrected chi connectivity index (χ3v) is 4.52. The summed E-state index contributed by atoms with van der Waals surface area (Å²) in [5, 5.41) is 9.62. The molecule has 0 radical (unpaired) electrons. The fourth-order valence-corrected chi connectivity index (χ4v) is 2.97. The summed E-state index contributed by atoms with van der Waals surface area (Å²) in [7, 11) is 1.55. The van der Waals surface area contributed by atoms with Crippen LogP contribution in [0.2, 0.25) is 0 Å². The number of fused-ring (bicyclic) bond motifs is 1. The molecule has 30 heavy (non-hydrogen) atoms. The lowest BCUT2D eigenvalue weighted by molar-refractivity contribution is 0.0697. The summed E-state index contributed by atoms with van der Waals surface area (Å²) >= 11 is 6.39. The van der Waals surface area contributed by atoms with Gasteiger partial charge in [-0.1, -0.05) is 31.5 Å². The van der Waals surface area contributed by atoms with Gasteiger partial charge in [-0.15, -0.1) is 0 Å². The molecule has 0 aliphatic heterocycles. The van der Waals surface area contributed by atoms with Crippen molar-refractivity contribution >= 4 is 39.6 Å². The Bertz CT molecular complexity index is 1180. The van der Waals surface area contributed by atoms with Crippen LogP contribution >= 0.6 is 11.6 Å². The van der Waals surface area contributed by atoms with Gasteiger partial charge < -0.3 is 19.6 Å². The summed E-state index contributed by atoms with van der Waals surface area (Å²) in [4.78, 5) is 30.5. The van der Waals surface area contributed by atoms with Crippen molar-refractivity contribution in [2.45, 2.75) is 13.8 Å². The maximum atomic E-state index is 12.3. The Balaban J connectivity index is 1.97. The molecule has 3 rings (SSSR count). The molecule has 0 saturated heterocycles. The van der Waals surface area contributed by atoms with E-state index in [1.54, 1.807) is 25.3 Å². The number of ether oxygens (including phenoxy) is 2. The third-order valence-electron chi connectivity index (χ3n) is 4.23. The van der Waals surface area contributed by atoms with Gasteiger partial charge in [-0.25, -0.2) is 9.78 Å². The van der Waals surface area contributed by atoms with Gasteiger partial charge in [-0.2, -0.15) is 0 Å². The van der Waals surface area contributed by atoms with Gasteiger partial charge in [-0.05, 0) is 47.9 Å². The van der Waals surface area contributed by atoms with Gasteiger partial charge in [0, 0.05) is 0 Å². The number of carbonyl (C=O) groups is 1. The zero-order chi connectivity index (χ0) is 21.8. The van der Waals surface area contributed by atoms with E-state index >= 15 is 0 Å². The maximum absolute atomic E-state index is 12.3. The van der Waals surface area contributed by atoms with E-state index in [9.17, 15) is 9.59 Å². The summed E-state index contributed by atoms with van der Waals surface area (Å²) in [6, 6.07) is 9.47. The van der Waals surface area contributed by atoms with Gasteiger partial charge in [0.15, 0.2) is 17.3 Å². The summed E-state index contributed by atoms with van der Waals surface area (Å²) in [6.07, 6.45) is 1.63. The summed E-state index contributed by atoms with van der Waals surface area (Å²) in [6.45, 7) is 4.67. The molecule has 7 nitrogen and oxygen atoms in total. The van der Waals surface area contributed by atoms with Gasteiger partial charge in [0.1, 0.15) is 0 Å². The van der Waals surface area contributed by atoms with E-state index in [4.69, 9.17) is 26.2 Å². The number of rotatable bonds is 7. The molecule has 3 aromatic rings. The Labute approximate surface area is 177 Å². The van der Waals surface area contributed by atoms with Crippen LogP contribution < -0.4 is 15.0 Å². The first-order valence-electron chi connectivity index (χ1n) is 9.24. The maximum Gasteiger partial charge on any atom is 0.335 e. The lowest BCUT2D eigenvalue weighted by atomic mass is 10.1. The number of halogens is 1. The largest absolute Gasteiger partial charge is 0.493 e. The van der Waals surface area contributed by atoms with E-state index < -0.39 is 11.5 Å². The zero-order valence-corrected chi connectivity index (χ0v) is 17.5. The Kier molecular flexibility index (Phi) is 6.42. The monoisotopic (exact) mass is 428 g/mol. The molecule has 0 atom stereocenters. The molecule has 8 heteroatoms. The Morgan fingerprint density at radius 2 is 2.00 bits per heavy atom. The minimum atomic E-state index is -1.10. The number of aromatic amines is 1. The van der Waals surface area contributed by atoms with Crippen molar-refractivity contribution in [3.05, 3.63) is 63.7 Å². The zero-order valence-electron chi connectivity index (χ0n) is 16.7. The highest BCUT2D eigenvalue weighted by Gasteiger charge is 2.11. The van der Waals surface area contributed by atoms with Crippen LogP contribution in [0.5, 0.6) is 11.5 Å². The molecule has 2 N–H and O–H groups in total. The van der Waals surface area contributed by atoms with Gasteiger partial charge in [0.25, 0.3) is 5.56 Å². The number of nitrogens with one attached hydrogen (secondary N) is 1. The average Bonchev–Trinajstić information content (AvgIpc) is 2.71. The molecule has 0 spiro atoms. The van der Waals surface area contributed by atoms with E-state index in [2.05, 4.69) is 23.8 Å². The highest BCUT2D eigenvalue weighted by atomic mass is 35.5. The van der Waals surface area contributed by atoms with Crippen LogP contribution in [-0.4, -0.2) is 34.8 Å². The molecular weight excluding hydrogens is 408 g/mol. The highest BCUT2D eigenvalue weighted by molar-refractivity contribution is 6.50. The predicted molar refractivity (Wildman–Crippen MR) is 116 cm³/mol. The lowest BCUT2D eigenvalue weighted by Gasteiger charge is -2.13. The third kappa shape index (κ3) is 4.80. The summed E-state index contributed by atoms with van der Waals surface area (Å²) in [5.41, 5.74) is 0.591. The predicted octanol–water partition coefficient (Wildman–Crippen LogP) is 4.40. The minimum absolute atomic E-state index is 0.0355. The SMILES string of the molecule is COc1cc(/C=C(/Cl)c2nc3cc(C(=O)O)ccc3c(=O)[nH]2)ccc1OCC(C)C. The fourth-order valence-electron chi connectivity index (χ4n) is 2.75. The second kappa shape index (κ2) is 9.00. The van der Waals surface area contributed by atoms with Crippen LogP contribution in [0.25, 0.3) is 22.0 Å². The van der Waals surface area contributed by atoms with Gasteiger partial charge in [0.2, 0.25) is 0 Å².